The number of oxime groups is 1. The SMILES string of the molecule is C=CCOC12Oc3ccc(Oc4ccc5ccccc5c4)cc3C3C(CCCCO)C(CCCCO)C=C(C(=NOCc4ccccc4)CC1N(CCOCCO)C(=O)OCCOCc1ccccc1)C32. The van der Waals surface area contributed by atoms with Crippen LogP contribution >= 0.6 is 0 Å². The summed E-state index contributed by atoms with van der Waals surface area (Å²) in [6.45, 7) is 5.09. The number of carbonyl (C=O) groups is 1. The molecule has 1 amide bonds. The highest BCUT2D eigenvalue weighted by molar-refractivity contribution is 6.03. The van der Waals surface area contributed by atoms with Gasteiger partial charge in [0.15, 0.2) is 0 Å². The van der Waals surface area contributed by atoms with Crippen molar-refractivity contribution in [2.24, 2.45) is 22.9 Å². The lowest BCUT2D eigenvalue weighted by Gasteiger charge is -2.59. The van der Waals surface area contributed by atoms with E-state index in [4.69, 9.17) is 38.4 Å². The van der Waals surface area contributed by atoms with E-state index in [1.807, 2.05) is 97.1 Å². The Hall–Kier alpha value is -6.06. The molecule has 0 bridgehead atoms. The lowest BCUT2D eigenvalue weighted by atomic mass is 9.55. The van der Waals surface area contributed by atoms with Gasteiger partial charge in [-0.25, -0.2) is 4.79 Å². The minimum absolute atomic E-state index is 0.000410. The summed E-state index contributed by atoms with van der Waals surface area (Å²) in [6, 6.07) is 38.9. The first-order valence-electron chi connectivity index (χ1n) is 25.1. The molecule has 1 heterocycles. The number of benzene rings is 5. The van der Waals surface area contributed by atoms with E-state index in [2.05, 4.69) is 36.9 Å². The van der Waals surface area contributed by atoms with Crippen molar-refractivity contribution in [2.75, 3.05) is 59.4 Å². The molecular formula is C58H68N2O11. The highest BCUT2D eigenvalue weighted by Gasteiger charge is 2.65. The summed E-state index contributed by atoms with van der Waals surface area (Å²) in [5.41, 5.74) is 4.43. The van der Waals surface area contributed by atoms with Crippen LogP contribution in [0.3, 0.4) is 0 Å². The molecule has 0 spiro atoms. The second-order valence-electron chi connectivity index (χ2n) is 18.3. The summed E-state index contributed by atoms with van der Waals surface area (Å²) in [5.74, 6) is -0.407. The summed E-state index contributed by atoms with van der Waals surface area (Å²) >= 11 is 0. The van der Waals surface area contributed by atoms with Gasteiger partial charge in [-0.05, 0) is 95.3 Å². The number of ether oxygens (including phenoxy) is 6. The third-order valence-corrected chi connectivity index (χ3v) is 13.7. The quantitative estimate of drug-likeness (QED) is 0.0261. The van der Waals surface area contributed by atoms with E-state index in [-0.39, 0.29) is 90.2 Å². The Morgan fingerprint density at radius 2 is 1.45 bits per heavy atom. The number of nitrogens with zero attached hydrogens (tertiary/aromatic N) is 2. The topological polar surface area (TPSA) is 158 Å². The highest BCUT2D eigenvalue weighted by Crippen LogP contribution is 2.62. The van der Waals surface area contributed by atoms with E-state index >= 15 is 0 Å². The molecule has 2 aliphatic carbocycles. The molecule has 1 saturated carbocycles. The fourth-order valence-corrected chi connectivity index (χ4v) is 10.6. The maximum Gasteiger partial charge on any atom is 0.410 e. The van der Waals surface area contributed by atoms with Crippen molar-refractivity contribution in [1.29, 1.82) is 0 Å². The van der Waals surface area contributed by atoms with Gasteiger partial charge in [0.05, 0.1) is 51.3 Å². The van der Waals surface area contributed by atoms with Crippen LogP contribution in [-0.4, -0.2) is 103 Å². The van der Waals surface area contributed by atoms with Gasteiger partial charge in [-0.15, -0.1) is 6.58 Å². The molecule has 8 rings (SSSR count). The lowest BCUT2D eigenvalue weighted by molar-refractivity contribution is -0.256. The van der Waals surface area contributed by atoms with Gasteiger partial charge in [0, 0.05) is 37.7 Å². The minimum atomic E-state index is -1.53. The zero-order valence-electron chi connectivity index (χ0n) is 40.5. The van der Waals surface area contributed by atoms with Crippen LogP contribution in [0.1, 0.15) is 67.6 Å². The highest BCUT2D eigenvalue weighted by atomic mass is 16.7. The van der Waals surface area contributed by atoms with Crippen LogP contribution in [0.15, 0.2) is 151 Å². The average Bonchev–Trinajstić information content (AvgIpc) is 3.40. The third kappa shape index (κ3) is 12.7. The molecular weight excluding hydrogens is 901 g/mol. The molecule has 71 heavy (non-hydrogen) atoms. The van der Waals surface area contributed by atoms with Crippen molar-refractivity contribution in [3.8, 4) is 17.2 Å². The molecule has 0 saturated heterocycles. The van der Waals surface area contributed by atoms with Crippen molar-refractivity contribution in [3.05, 3.63) is 162 Å². The van der Waals surface area contributed by atoms with E-state index in [0.29, 0.717) is 42.4 Å². The first kappa shape index (κ1) is 51.3. The van der Waals surface area contributed by atoms with Crippen molar-refractivity contribution >= 4 is 22.6 Å². The minimum Gasteiger partial charge on any atom is -0.459 e. The van der Waals surface area contributed by atoms with E-state index in [0.717, 1.165) is 58.7 Å². The van der Waals surface area contributed by atoms with Crippen LogP contribution in [0, 0.1) is 17.8 Å². The van der Waals surface area contributed by atoms with Crippen LogP contribution in [-0.2, 0) is 37.0 Å². The molecule has 1 fully saturated rings. The molecule has 0 aromatic heterocycles. The number of hydrogen-bond acceptors (Lipinski definition) is 12. The van der Waals surface area contributed by atoms with E-state index < -0.39 is 23.8 Å². The van der Waals surface area contributed by atoms with Gasteiger partial charge in [0.25, 0.3) is 0 Å². The molecule has 6 atom stereocenters. The smallest absolute Gasteiger partial charge is 0.410 e. The average molecular weight is 969 g/mol. The standard InChI is InChI=1S/C58H68N2O11/c1-2-31-68-58-54(60(27-32-65-33-30-63)57(64)67-35-34-66-40-42-15-5-3-6-16-42)39-52(59-69-41-43-17-7-4-8-18-43)50-37-46(21-11-13-28-61)49(22-12-14-29-62)55(56(50)58)51-38-48(25-26-53(51)71-58)70-47-24-23-44-19-9-10-20-45(44)36-47/h2-10,15-20,23-26,36-38,46,49,54-56,61-63H,1,11-14,21-22,27-35,39-41H2. The van der Waals surface area contributed by atoms with Crippen molar-refractivity contribution in [3.63, 3.8) is 0 Å². The van der Waals surface area contributed by atoms with Crippen LogP contribution in [0.25, 0.3) is 10.8 Å². The molecule has 6 unspecified atom stereocenters. The molecule has 5 aromatic rings. The van der Waals surface area contributed by atoms with Gasteiger partial charge in [-0.2, -0.15) is 0 Å². The summed E-state index contributed by atoms with van der Waals surface area (Å²) in [7, 11) is 0. The van der Waals surface area contributed by atoms with Gasteiger partial charge >= 0.3 is 6.09 Å². The maximum atomic E-state index is 14.8. The lowest BCUT2D eigenvalue weighted by Crippen LogP contribution is -2.70. The molecule has 3 N–H and O–H groups in total. The number of aliphatic hydroxyl groups is 3. The number of carbonyl (C=O) groups excluding carboxylic acids is 1. The van der Waals surface area contributed by atoms with Gasteiger partial charge in [-0.1, -0.05) is 121 Å². The van der Waals surface area contributed by atoms with Crippen molar-refractivity contribution in [1.82, 2.24) is 4.90 Å². The van der Waals surface area contributed by atoms with Gasteiger partial charge < -0.3 is 48.6 Å². The van der Waals surface area contributed by atoms with Crippen LogP contribution in [0.4, 0.5) is 4.79 Å². The first-order chi connectivity index (χ1) is 35.0. The number of fused-ring (bicyclic) bond motifs is 3. The Morgan fingerprint density at radius 1 is 0.746 bits per heavy atom. The molecule has 13 nitrogen and oxygen atoms in total. The maximum absolute atomic E-state index is 14.8. The number of unbranched alkanes of at least 4 members (excludes halogenated alkanes) is 2. The van der Waals surface area contributed by atoms with E-state index in [9.17, 15) is 20.1 Å². The Balaban J connectivity index is 1.25. The number of allylic oxidation sites excluding steroid dienone is 1. The molecule has 13 heteroatoms. The number of aliphatic hydroxyl groups excluding tert-OH is 3. The zero-order valence-corrected chi connectivity index (χ0v) is 40.5. The molecule has 1 aliphatic heterocycles. The second kappa shape index (κ2) is 25.9. The Morgan fingerprint density at radius 3 is 2.20 bits per heavy atom. The third-order valence-electron chi connectivity index (χ3n) is 13.7. The predicted molar refractivity (Wildman–Crippen MR) is 272 cm³/mol. The van der Waals surface area contributed by atoms with E-state index in [1.165, 1.54) is 0 Å². The second-order valence-corrected chi connectivity index (χ2v) is 18.3. The van der Waals surface area contributed by atoms with Crippen LogP contribution in [0.5, 0.6) is 17.2 Å². The van der Waals surface area contributed by atoms with E-state index in [1.54, 1.807) is 11.0 Å². The Bertz CT molecular complexity index is 2540. The predicted octanol–water partition coefficient (Wildman–Crippen LogP) is 10.1. The summed E-state index contributed by atoms with van der Waals surface area (Å²) < 4.78 is 39.1. The Kier molecular flexibility index (Phi) is 18.7. The summed E-state index contributed by atoms with van der Waals surface area (Å²) in [5, 5.41) is 36.9. The Labute approximate surface area is 417 Å². The zero-order chi connectivity index (χ0) is 49.3. The molecule has 376 valence electrons. The summed E-state index contributed by atoms with van der Waals surface area (Å²) in [4.78, 5) is 22.7. The van der Waals surface area contributed by atoms with Gasteiger partial charge in [0.2, 0.25) is 5.79 Å². The van der Waals surface area contributed by atoms with Crippen molar-refractivity contribution < 1.29 is 53.4 Å². The normalized spacial score (nSPS) is 21.6. The van der Waals surface area contributed by atoms with Crippen molar-refractivity contribution in [2.45, 2.75) is 75.9 Å². The molecule has 0 radical (unpaired) electrons. The fourth-order valence-electron chi connectivity index (χ4n) is 10.6. The summed E-state index contributed by atoms with van der Waals surface area (Å²) in [6.07, 6.45) is 7.98. The molecule has 5 aromatic carbocycles. The number of hydrogen-bond donors (Lipinski definition) is 3. The van der Waals surface area contributed by atoms with Gasteiger partial charge in [0.1, 0.15) is 36.5 Å². The fraction of sp³-hybridized carbons (Fsp3) is 0.414. The monoisotopic (exact) mass is 968 g/mol. The number of amides is 1. The van der Waals surface area contributed by atoms with Gasteiger partial charge in [-0.3, -0.25) is 4.90 Å². The van der Waals surface area contributed by atoms with Crippen LogP contribution in [0.2, 0.25) is 0 Å². The number of rotatable bonds is 27. The first-order valence-corrected chi connectivity index (χ1v) is 25.1. The molecule has 3 aliphatic rings. The van der Waals surface area contributed by atoms with Crippen LogP contribution < -0.4 is 9.47 Å². The largest absolute Gasteiger partial charge is 0.459 e.